The van der Waals surface area contributed by atoms with Crippen molar-refractivity contribution >= 4 is 33.6 Å². The third-order valence-electron chi connectivity index (χ3n) is 7.31. The van der Waals surface area contributed by atoms with Crippen LogP contribution in [0.3, 0.4) is 0 Å². The molecule has 1 aromatic heterocycles. The molecule has 2 amide bonds. The fraction of sp³-hybridized carbons (Fsp3) is 0.407. The first-order valence-corrected chi connectivity index (χ1v) is 12.4. The van der Waals surface area contributed by atoms with Gasteiger partial charge in [-0.25, -0.2) is 0 Å². The maximum Gasteiger partial charge on any atom is 0.263 e. The van der Waals surface area contributed by atoms with E-state index in [1.165, 1.54) is 4.90 Å². The summed E-state index contributed by atoms with van der Waals surface area (Å²) in [5.74, 6) is 0.304. The third kappa shape index (κ3) is 3.46. The minimum absolute atomic E-state index is 0.179. The number of nitrogens with one attached hydrogen (secondary N) is 1. The lowest BCUT2D eigenvalue weighted by Gasteiger charge is -2.31. The van der Waals surface area contributed by atoms with Gasteiger partial charge in [0.15, 0.2) is 0 Å². The average molecular weight is 475 g/mol. The number of amides is 2. The summed E-state index contributed by atoms with van der Waals surface area (Å²) in [4.78, 5) is 36.7. The summed E-state index contributed by atoms with van der Waals surface area (Å²) in [6.07, 6.45) is 6.62. The van der Waals surface area contributed by atoms with Gasteiger partial charge in [-0.3, -0.25) is 14.5 Å². The highest BCUT2D eigenvalue weighted by Crippen LogP contribution is 2.45. The van der Waals surface area contributed by atoms with Crippen molar-refractivity contribution in [2.24, 2.45) is 0 Å². The number of rotatable bonds is 7. The molecule has 2 aromatic carbocycles. The van der Waals surface area contributed by atoms with Gasteiger partial charge < -0.3 is 24.3 Å². The Labute approximate surface area is 204 Å². The summed E-state index contributed by atoms with van der Waals surface area (Å²) >= 11 is 0. The summed E-state index contributed by atoms with van der Waals surface area (Å²) in [6, 6.07) is 5.88. The summed E-state index contributed by atoms with van der Waals surface area (Å²) in [7, 11) is 2.01. The first-order valence-electron chi connectivity index (χ1n) is 12.4. The van der Waals surface area contributed by atoms with Gasteiger partial charge in [-0.1, -0.05) is 6.07 Å². The molecule has 1 aliphatic carbocycles. The van der Waals surface area contributed by atoms with E-state index in [-0.39, 0.29) is 18.5 Å². The molecule has 3 heterocycles. The molecule has 3 aliphatic rings. The maximum atomic E-state index is 13.9. The van der Waals surface area contributed by atoms with E-state index >= 15 is 0 Å². The molecule has 0 saturated carbocycles. The number of hydrogen-bond donors (Lipinski definition) is 1. The molecule has 1 N–H and O–H groups in total. The molecule has 0 saturated heterocycles. The second kappa shape index (κ2) is 8.61. The van der Waals surface area contributed by atoms with Gasteiger partial charge in [0, 0.05) is 44.5 Å². The Balaban J connectivity index is 1.49. The quantitative estimate of drug-likeness (QED) is 0.417. The Bertz CT molecular complexity index is 1380. The van der Waals surface area contributed by atoms with Crippen molar-refractivity contribution in [1.29, 1.82) is 0 Å². The van der Waals surface area contributed by atoms with Crippen molar-refractivity contribution in [2.75, 3.05) is 46.6 Å². The van der Waals surface area contributed by atoms with Gasteiger partial charge >= 0.3 is 0 Å². The maximum absolute atomic E-state index is 13.9. The van der Waals surface area contributed by atoms with E-state index in [4.69, 9.17) is 9.47 Å². The molecule has 0 fully saturated rings. The zero-order chi connectivity index (χ0) is 24.1. The van der Waals surface area contributed by atoms with Crippen molar-refractivity contribution in [1.82, 2.24) is 19.7 Å². The van der Waals surface area contributed by atoms with Crippen LogP contribution in [-0.2, 0) is 17.6 Å². The number of benzene rings is 2. The highest BCUT2D eigenvalue weighted by atomic mass is 16.5. The number of hydrogen-bond acceptors (Lipinski definition) is 6. The van der Waals surface area contributed by atoms with Crippen LogP contribution in [0, 0.1) is 0 Å². The van der Waals surface area contributed by atoms with E-state index in [9.17, 15) is 9.59 Å². The Morgan fingerprint density at radius 3 is 2.60 bits per heavy atom. The van der Waals surface area contributed by atoms with Crippen LogP contribution in [-0.4, -0.2) is 78.1 Å². The number of aryl methyl sites for hydroxylation is 1. The Morgan fingerprint density at radius 2 is 1.80 bits per heavy atom. The Hall–Kier alpha value is -3.52. The number of carbonyl (C=O) groups excluding carboxylic acids is 2. The van der Waals surface area contributed by atoms with Gasteiger partial charge in [-0.05, 0) is 49.4 Å². The van der Waals surface area contributed by atoms with Crippen LogP contribution < -0.4 is 4.74 Å². The summed E-state index contributed by atoms with van der Waals surface area (Å²) in [6.45, 7) is 5.37. The van der Waals surface area contributed by atoms with Crippen LogP contribution in [0.2, 0.25) is 0 Å². The van der Waals surface area contributed by atoms with E-state index < -0.39 is 0 Å². The van der Waals surface area contributed by atoms with E-state index in [1.807, 2.05) is 49.5 Å². The number of nitrogens with zero attached hydrogens (tertiary/aromatic N) is 3. The normalized spacial score (nSPS) is 17.3. The summed E-state index contributed by atoms with van der Waals surface area (Å²) < 4.78 is 11.6. The monoisotopic (exact) mass is 474 g/mol. The first-order chi connectivity index (χ1) is 17.1. The molecule has 0 radical (unpaired) electrons. The Morgan fingerprint density at radius 1 is 0.971 bits per heavy atom. The zero-order valence-electron chi connectivity index (χ0n) is 20.2. The lowest BCUT2D eigenvalue weighted by Crippen LogP contribution is -2.43. The van der Waals surface area contributed by atoms with Gasteiger partial charge in [-0.15, -0.1) is 0 Å². The van der Waals surface area contributed by atoms with Gasteiger partial charge in [-0.2, -0.15) is 0 Å². The van der Waals surface area contributed by atoms with Gasteiger partial charge in [0.25, 0.3) is 11.8 Å². The molecule has 0 unspecified atom stereocenters. The van der Waals surface area contributed by atoms with Crippen molar-refractivity contribution in [3.63, 3.8) is 0 Å². The average Bonchev–Trinajstić information content (AvgIpc) is 3.55. The summed E-state index contributed by atoms with van der Waals surface area (Å²) in [5.41, 5.74) is 5.20. The van der Waals surface area contributed by atoms with E-state index in [0.717, 1.165) is 65.3 Å². The minimum Gasteiger partial charge on any atom is -0.490 e. The number of likely N-dealkylation sites (N-methyl/N-ethyl adjacent to an activating group) is 1. The summed E-state index contributed by atoms with van der Waals surface area (Å²) in [5, 5.41) is 1.69. The van der Waals surface area contributed by atoms with E-state index in [1.54, 1.807) is 0 Å². The van der Waals surface area contributed by atoms with E-state index in [2.05, 4.69) is 9.88 Å². The van der Waals surface area contributed by atoms with Crippen LogP contribution in [0.15, 0.2) is 30.6 Å². The first kappa shape index (κ1) is 22.0. The molecule has 35 heavy (non-hydrogen) atoms. The SMILES string of the molecule is CCOCCOc1cccc2[nH]c3c4c(c5c(c3c12)C(=O)N(CN1C=CN(C)CC1)C5=O)CCC4. The third-order valence-corrected chi connectivity index (χ3v) is 7.31. The number of aromatic amines is 1. The lowest BCUT2D eigenvalue weighted by atomic mass is 9.93. The second-order valence-electron chi connectivity index (χ2n) is 9.43. The van der Waals surface area contributed by atoms with Crippen LogP contribution >= 0.6 is 0 Å². The van der Waals surface area contributed by atoms with Crippen LogP contribution in [0.25, 0.3) is 21.8 Å². The van der Waals surface area contributed by atoms with Gasteiger partial charge in [0.2, 0.25) is 0 Å². The number of fused-ring (bicyclic) bond motifs is 8. The molecule has 8 heteroatoms. The lowest BCUT2D eigenvalue weighted by molar-refractivity contribution is 0.0571. The highest BCUT2D eigenvalue weighted by molar-refractivity contribution is 6.31. The zero-order valence-corrected chi connectivity index (χ0v) is 20.2. The van der Waals surface area contributed by atoms with Crippen molar-refractivity contribution in [2.45, 2.75) is 26.2 Å². The molecule has 0 bridgehead atoms. The number of ether oxygens (including phenoxy) is 2. The molecule has 6 rings (SSSR count). The van der Waals surface area contributed by atoms with Crippen LogP contribution in [0.5, 0.6) is 5.75 Å². The standard InChI is InChI=1S/C27H30N4O4/c1-3-34-14-15-35-20-9-5-8-19-22(20)23-24-21(17-6-4-7-18(17)25(23)28-19)26(32)31(27(24)33)16-30-12-10-29(2)11-13-30/h5,8-10,12,28H,3-4,6-7,11,13-16H2,1-2H3. The number of H-pyrrole nitrogens is 1. The Kier molecular flexibility index (Phi) is 5.40. The predicted octanol–water partition coefficient (Wildman–Crippen LogP) is 3.50. The number of imide groups is 1. The number of carbonyl (C=O) groups is 2. The molecule has 2 aliphatic heterocycles. The van der Waals surface area contributed by atoms with Gasteiger partial charge in [0.05, 0.1) is 34.2 Å². The molecule has 0 atom stereocenters. The van der Waals surface area contributed by atoms with E-state index in [0.29, 0.717) is 36.7 Å². The molecule has 8 nitrogen and oxygen atoms in total. The largest absolute Gasteiger partial charge is 0.490 e. The van der Waals surface area contributed by atoms with Crippen molar-refractivity contribution < 1.29 is 19.1 Å². The number of aromatic nitrogens is 1. The molecule has 182 valence electrons. The fourth-order valence-corrected chi connectivity index (χ4v) is 5.62. The molecule has 0 spiro atoms. The second-order valence-corrected chi connectivity index (χ2v) is 9.43. The van der Waals surface area contributed by atoms with Crippen molar-refractivity contribution in [3.8, 4) is 5.75 Å². The van der Waals surface area contributed by atoms with Crippen LogP contribution in [0.1, 0.15) is 45.2 Å². The minimum atomic E-state index is -0.220. The smallest absolute Gasteiger partial charge is 0.263 e. The fourth-order valence-electron chi connectivity index (χ4n) is 5.62. The highest BCUT2D eigenvalue weighted by Gasteiger charge is 2.42. The topological polar surface area (TPSA) is 78.1 Å². The molecule has 3 aromatic rings. The van der Waals surface area contributed by atoms with Crippen molar-refractivity contribution in [3.05, 3.63) is 52.9 Å². The molecular formula is C27H30N4O4. The predicted molar refractivity (Wildman–Crippen MR) is 134 cm³/mol. The molecular weight excluding hydrogens is 444 g/mol. The van der Waals surface area contributed by atoms with Gasteiger partial charge in [0.1, 0.15) is 19.0 Å². The van der Waals surface area contributed by atoms with Crippen LogP contribution in [0.4, 0.5) is 0 Å².